The highest BCUT2D eigenvalue weighted by Crippen LogP contribution is 2.26. The van der Waals surface area contributed by atoms with Gasteiger partial charge in [-0.05, 0) is 54.1 Å². The number of carbonyl (C=O) groups is 2. The highest BCUT2D eigenvalue weighted by Gasteiger charge is 2.32. The number of alkyl halides is 3. The van der Waals surface area contributed by atoms with Crippen molar-refractivity contribution in [1.82, 2.24) is 10.3 Å². The van der Waals surface area contributed by atoms with Crippen LogP contribution in [-0.2, 0) is 11.3 Å². The molecule has 2 amide bonds. The molecule has 0 atom stereocenters. The first-order valence-corrected chi connectivity index (χ1v) is 9.41. The topological polar surface area (TPSA) is 80.3 Å². The summed E-state index contributed by atoms with van der Waals surface area (Å²) in [7, 11) is 0. The number of hydrogen-bond acceptors (Lipinski definition) is 4. The van der Waals surface area contributed by atoms with Crippen LogP contribution in [0.1, 0.15) is 21.5 Å². The zero-order valence-corrected chi connectivity index (χ0v) is 16.6. The second kappa shape index (κ2) is 10.3. The van der Waals surface area contributed by atoms with Crippen molar-refractivity contribution in [2.24, 2.45) is 0 Å². The molecule has 6 nitrogen and oxygen atoms in total. The Morgan fingerprint density at radius 1 is 0.969 bits per heavy atom. The van der Waals surface area contributed by atoms with Gasteiger partial charge in [-0.3, -0.25) is 14.6 Å². The number of aromatic nitrogens is 1. The fourth-order valence-corrected chi connectivity index (χ4v) is 2.69. The van der Waals surface area contributed by atoms with Crippen LogP contribution in [0, 0.1) is 0 Å². The third kappa shape index (κ3) is 6.98. The summed E-state index contributed by atoms with van der Waals surface area (Å²) in [5.41, 5.74) is 1.77. The van der Waals surface area contributed by atoms with Crippen LogP contribution < -0.4 is 15.4 Å². The molecule has 3 rings (SSSR count). The molecule has 0 saturated heterocycles. The summed E-state index contributed by atoms with van der Waals surface area (Å²) in [6.45, 7) is -0.149. The van der Waals surface area contributed by atoms with E-state index >= 15 is 0 Å². The minimum atomic E-state index is -4.83. The number of rotatable bonds is 7. The van der Waals surface area contributed by atoms with Gasteiger partial charge in [0.05, 0.1) is 0 Å². The monoisotopic (exact) mass is 441 g/mol. The van der Waals surface area contributed by atoms with E-state index in [2.05, 4.69) is 20.4 Å². The van der Waals surface area contributed by atoms with Crippen LogP contribution in [-0.4, -0.2) is 23.2 Å². The Morgan fingerprint density at radius 3 is 2.34 bits per heavy atom. The van der Waals surface area contributed by atoms with Crippen molar-refractivity contribution >= 4 is 23.6 Å². The molecule has 0 aliphatic rings. The summed E-state index contributed by atoms with van der Waals surface area (Å²) in [6.07, 6.45) is 1.41. The third-order valence-corrected chi connectivity index (χ3v) is 4.19. The highest BCUT2D eigenvalue weighted by atomic mass is 19.4. The highest BCUT2D eigenvalue weighted by molar-refractivity contribution is 6.02. The SMILES string of the molecule is O=C(C=Cc1ccncc1)Nc1ccc(C(=O)NCc2ccccc2OC(F)(F)F)cc1. The maximum absolute atomic E-state index is 12.5. The van der Waals surface area contributed by atoms with Gasteiger partial charge in [-0.1, -0.05) is 18.2 Å². The molecular formula is C23H18F3N3O3. The second-order valence-electron chi connectivity index (χ2n) is 6.52. The fraction of sp³-hybridized carbons (Fsp3) is 0.0870. The number of amides is 2. The number of nitrogens with one attached hydrogen (secondary N) is 2. The molecular weight excluding hydrogens is 423 g/mol. The van der Waals surface area contributed by atoms with Crippen molar-refractivity contribution in [3.8, 4) is 5.75 Å². The molecule has 0 unspecified atom stereocenters. The Balaban J connectivity index is 1.55. The second-order valence-corrected chi connectivity index (χ2v) is 6.52. The first-order chi connectivity index (χ1) is 15.3. The van der Waals surface area contributed by atoms with Gasteiger partial charge in [0, 0.05) is 41.8 Å². The van der Waals surface area contributed by atoms with Gasteiger partial charge in [0.15, 0.2) is 0 Å². The number of halogens is 3. The molecule has 0 spiro atoms. The number of carbonyl (C=O) groups excluding carboxylic acids is 2. The Kier molecular flexibility index (Phi) is 7.22. The normalized spacial score (nSPS) is 11.2. The van der Waals surface area contributed by atoms with Crippen molar-refractivity contribution in [3.05, 3.63) is 95.8 Å². The van der Waals surface area contributed by atoms with Crippen LogP contribution in [0.5, 0.6) is 5.75 Å². The lowest BCUT2D eigenvalue weighted by molar-refractivity contribution is -0.274. The molecule has 1 heterocycles. The number of anilines is 1. The molecule has 2 N–H and O–H groups in total. The standard InChI is InChI=1S/C23H18F3N3O3/c24-23(25,26)32-20-4-2-1-3-18(20)15-28-22(31)17-6-8-19(9-7-17)29-21(30)10-5-16-11-13-27-14-12-16/h1-14H,15H2,(H,28,31)(H,29,30). The lowest BCUT2D eigenvalue weighted by Gasteiger charge is -2.13. The van der Waals surface area contributed by atoms with Gasteiger partial charge in [0.1, 0.15) is 5.75 Å². The van der Waals surface area contributed by atoms with Gasteiger partial charge in [0.25, 0.3) is 5.91 Å². The predicted molar refractivity (Wildman–Crippen MR) is 113 cm³/mol. The van der Waals surface area contributed by atoms with Gasteiger partial charge in [-0.25, -0.2) is 0 Å². The van der Waals surface area contributed by atoms with Gasteiger partial charge in [-0.2, -0.15) is 0 Å². The fourth-order valence-electron chi connectivity index (χ4n) is 2.69. The number of nitrogens with zero attached hydrogens (tertiary/aromatic N) is 1. The molecule has 0 fully saturated rings. The van der Waals surface area contributed by atoms with Crippen LogP contribution in [0.15, 0.2) is 79.1 Å². The number of para-hydroxylation sites is 1. The first kappa shape index (κ1) is 22.5. The average molecular weight is 441 g/mol. The van der Waals surface area contributed by atoms with Crippen molar-refractivity contribution in [1.29, 1.82) is 0 Å². The van der Waals surface area contributed by atoms with Crippen LogP contribution in [0.4, 0.5) is 18.9 Å². The first-order valence-electron chi connectivity index (χ1n) is 9.41. The zero-order chi connectivity index (χ0) is 23.0. The van der Waals surface area contributed by atoms with E-state index in [4.69, 9.17) is 0 Å². The molecule has 0 bridgehead atoms. The molecule has 0 aliphatic carbocycles. The molecule has 0 saturated carbocycles. The predicted octanol–water partition coefficient (Wildman–Crippen LogP) is 4.56. The largest absolute Gasteiger partial charge is 0.573 e. The van der Waals surface area contributed by atoms with E-state index < -0.39 is 12.3 Å². The lowest BCUT2D eigenvalue weighted by atomic mass is 10.1. The molecule has 164 valence electrons. The number of pyridine rings is 1. The van der Waals surface area contributed by atoms with E-state index in [0.717, 1.165) is 5.56 Å². The quantitative estimate of drug-likeness (QED) is 0.527. The Bertz CT molecular complexity index is 1100. The van der Waals surface area contributed by atoms with Crippen LogP contribution in [0.2, 0.25) is 0 Å². The maximum atomic E-state index is 12.5. The van der Waals surface area contributed by atoms with Crippen molar-refractivity contribution in [2.75, 3.05) is 5.32 Å². The number of benzene rings is 2. The van der Waals surface area contributed by atoms with E-state index in [1.165, 1.54) is 36.4 Å². The van der Waals surface area contributed by atoms with Crippen LogP contribution in [0.25, 0.3) is 6.08 Å². The summed E-state index contributed by atoms with van der Waals surface area (Å²) in [5, 5.41) is 5.22. The van der Waals surface area contributed by atoms with Crippen LogP contribution >= 0.6 is 0 Å². The van der Waals surface area contributed by atoms with E-state index in [-0.39, 0.29) is 29.3 Å². The summed E-state index contributed by atoms with van der Waals surface area (Å²) in [5.74, 6) is -1.21. The molecule has 0 aliphatic heterocycles. The lowest BCUT2D eigenvalue weighted by Crippen LogP contribution is -2.24. The van der Waals surface area contributed by atoms with Crippen LogP contribution in [0.3, 0.4) is 0 Å². The molecule has 32 heavy (non-hydrogen) atoms. The Hall–Kier alpha value is -4.14. The molecule has 3 aromatic rings. The molecule has 1 aromatic heterocycles. The van der Waals surface area contributed by atoms with Crippen molar-refractivity contribution < 1.29 is 27.5 Å². The van der Waals surface area contributed by atoms with Crippen molar-refractivity contribution in [3.63, 3.8) is 0 Å². The number of ether oxygens (including phenoxy) is 1. The molecule has 2 aromatic carbocycles. The zero-order valence-electron chi connectivity index (χ0n) is 16.6. The summed E-state index contributed by atoms with van der Waals surface area (Å²) >= 11 is 0. The Labute approximate surface area is 181 Å². The molecule has 9 heteroatoms. The average Bonchev–Trinajstić information content (AvgIpc) is 2.77. The third-order valence-electron chi connectivity index (χ3n) is 4.19. The van der Waals surface area contributed by atoms with E-state index in [1.807, 2.05) is 0 Å². The van der Waals surface area contributed by atoms with Gasteiger partial charge >= 0.3 is 6.36 Å². The van der Waals surface area contributed by atoms with Gasteiger partial charge in [-0.15, -0.1) is 13.2 Å². The van der Waals surface area contributed by atoms with E-state index in [0.29, 0.717) is 5.69 Å². The van der Waals surface area contributed by atoms with Gasteiger partial charge in [0.2, 0.25) is 5.91 Å². The summed E-state index contributed by atoms with van der Waals surface area (Å²) < 4.78 is 41.5. The Morgan fingerprint density at radius 2 is 1.66 bits per heavy atom. The number of hydrogen-bond donors (Lipinski definition) is 2. The summed E-state index contributed by atoms with van der Waals surface area (Å²) in [4.78, 5) is 28.2. The maximum Gasteiger partial charge on any atom is 0.573 e. The molecule has 0 radical (unpaired) electrons. The van der Waals surface area contributed by atoms with Crippen molar-refractivity contribution in [2.45, 2.75) is 12.9 Å². The minimum Gasteiger partial charge on any atom is -0.405 e. The van der Waals surface area contributed by atoms with Gasteiger partial charge < -0.3 is 15.4 Å². The van der Waals surface area contributed by atoms with E-state index in [1.54, 1.807) is 48.8 Å². The van der Waals surface area contributed by atoms with E-state index in [9.17, 15) is 22.8 Å². The smallest absolute Gasteiger partial charge is 0.405 e. The minimum absolute atomic E-state index is 0.149. The summed E-state index contributed by atoms with van der Waals surface area (Å²) in [6, 6.07) is 15.2.